The summed E-state index contributed by atoms with van der Waals surface area (Å²) in [4.78, 5) is 15.3. The van der Waals surface area contributed by atoms with Gasteiger partial charge in [0.2, 0.25) is 0 Å². The third kappa shape index (κ3) is 5.71. The first-order valence-corrected chi connectivity index (χ1v) is 10.3. The van der Waals surface area contributed by atoms with Crippen LogP contribution in [0, 0.1) is 13.8 Å². The van der Waals surface area contributed by atoms with Gasteiger partial charge in [-0.1, -0.05) is 35.9 Å². The van der Waals surface area contributed by atoms with Gasteiger partial charge in [0.1, 0.15) is 45.1 Å². The quantitative estimate of drug-likeness (QED) is 0.639. The van der Waals surface area contributed by atoms with Crippen LogP contribution in [0.25, 0.3) is 0 Å². The van der Waals surface area contributed by atoms with Crippen molar-refractivity contribution in [3.05, 3.63) is 58.6 Å². The number of anilines is 1. The molecule has 0 radical (unpaired) electrons. The summed E-state index contributed by atoms with van der Waals surface area (Å²) in [6.45, 7) is 10.4. The Labute approximate surface area is 172 Å². The van der Waals surface area contributed by atoms with E-state index in [-0.39, 0.29) is 5.91 Å². The number of quaternary nitrogens is 2. The molecule has 0 saturated carbocycles. The standard InChI is InChI=1S/C22H28ClN3O2/c1-17-6-5-8-20(18(17)2)24-22(27)16-26-12-10-25(11-13-26)14-15-28-21-9-4-3-7-19(21)23/h3-9H,10-16H2,1-2H3,(H,24,27)/p+2. The van der Waals surface area contributed by atoms with Crippen molar-refractivity contribution in [1.29, 1.82) is 0 Å². The third-order valence-corrected chi connectivity index (χ3v) is 5.82. The normalized spacial score (nSPS) is 19.2. The molecular weight excluding hydrogens is 374 g/mol. The molecule has 0 aromatic heterocycles. The highest BCUT2D eigenvalue weighted by Crippen LogP contribution is 2.22. The van der Waals surface area contributed by atoms with Crippen LogP contribution in [0.4, 0.5) is 5.69 Å². The van der Waals surface area contributed by atoms with E-state index in [9.17, 15) is 4.79 Å². The molecule has 3 N–H and O–H groups in total. The molecule has 1 saturated heterocycles. The minimum absolute atomic E-state index is 0.0919. The van der Waals surface area contributed by atoms with Crippen LogP contribution >= 0.6 is 11.6 Å². The number of piperazine rings is 1. The lowest BCUT2D eigenvalue weighted by Crippen LogP contribution is -3.28. The second kappa shape index (κ2) is 9.92. The van der Waals surface area contributed by atoms with Gasteiger partial charge in [-0.15, -0.1) is 0 Å². The lowest BCUT2D eigenvalue weighted by atomic mass is 10.1. The van der Waals surface area contributed by atoms with Crippen LogP contribution in [0.3, 0.4) is 0 Å². The van der Waals surface area contributed by atoms with E-state index < -0.39 is 0 Å². The van der Waals surface area contributed by atoms with Crippen molar-refractivity contribution in [2.45, 2.75) is 13.8 Å². The molecule has 3 rings (SSSR count). The molecule has 150 valence electrons. The number of carbonyl (C=O) groups excluding carboxylic acids is 1. The average molecular weight is 404 g/mol. The minimum Gasteiger partial charge on any atom is -0.486 e. The molecule has 0 spiro atoms. The van der Waals surface area contributed by atoms with E-state index in [1.807, 2.05) is 43.3 Å². The van der Waals surface area contributed by atoms with Crippen LogP contribution in [0.1, 0.15) is 11.1 Å². The van der Waals surface area contributed by atoms with Crippen molar-refractivity contribution in [2.75, 3.05) is 51.2 Å². The molecule has 0 bridgehead atoms. The zero-order valence-electron chi connectivity index (χ0n) is 16.7. The number of aryl methyl sites for hydroxylation is 1. The van der Waals surface area contributed by atoms with Crippen molar-refractivity contribution in [3.8, 4) is 5.75 Å². The molecule has 2 aromatic carbocycles. The summed E-state index contributed by atoms with van der Waals surface area (Å²) in [7, 11) is 0. The maximum Gasteiger partial charge on any atom is 0.279 e. The van der Waals surface area contributed by atoms with Crippen LogP contribution in [-0.4, -0.2) is 51.8 Å². The smallest absolute Gasteiger partial charge is 0.279 e. The second-order valence-corrected chi connectivity index (χ2v) is 7.91. The number of rotatable bonds is 7. The summed E-state index contributed by atoms with van der Waals surface area (Å²) in [5.74, 6) is 0.838. The largest absolute Gasteiger partial charge is 0.486 e. The number of ether oxygens (including phenoxy) is 1. The molecule has 1 aliphatic rings. The number of halogens is 1. The zero-order valence-corrected chi connectivity index (χ0v) is 17.4. The highest BCUT2D eigenvalue weighted by molar-refractivity contribution is 6.32. The van der Waals surface area contributed by atoms with Gasteiger partial charge >= 0.3 is 0 Å². The number of hydrogen-bond acceptors (Lipinski definition) is 2. The fourth-order valence-electron chi connectivity index (χ4n) is 3.56. The van der Waals surface area contributed by atoms with E-state index in [4.69, 9.17) is 16.3 Å². The summed E-state index contributed by atoms with van der Waals surface area (Å²) in [6.07, 6.45) is 0. The van der Waals surface area contributed by atoms with E-state index in [0.29, 0.717) is 18.2 Å². The molecule has 0 unspecified atom stereocenters. The number of carbonyl (C=O) groups is 1. The van der Waals surface area contributed by atoms with Crippen LogP contribution in [0.15, 0.2) is 42.5 Å². The van der Waals surface area contributed by atoms with Crippen molar-refractivity contribution < 1.29 is 19.3 Å². The Balaban J connectivity index is 1.37. The van der Waals surface area contributed by atoms with Gasteiger partial charge in [0, 0.05) is 5.69 Å². The molecule has 1 aliphatic heterocycles. The van der Waals surface area contributed by atoms with Crippen molar-refractivity contribution >= 4 is 23.2 Å². The van der Waals surface area contributed by atoms with Gasteiger partial charge < -0.3 is 19.9 Å². The van der Waals surface area contributed by atoms with Crippen molar-refractivity contribution in [1.82, 2.24) is 0 Å². The van der Waals surface area contributed by atoms with Gasteiger partial charge in [0.25, 0.3) is 5.91 Å². The Morgan fingerprint density at radius 2 is 1.75 bits per heavy atom. The molecule has 0 atom stereocenters. The number of benzene rings is 2. The molecule has 1 fully saturated rings. The molecule has 2 aromatic rings. The van der Waals surface area contributed by atoms with E-state index in [0.717, 1.165) is 49.7 Å². The van der Waals surface area contributed by atoms with Gasteiger partial charge in [0.15, 0.2) is 6.54 Å². The Morgan fingerprint density at radius 1 is 1.04 bits per heavy atom. The highest BCUT2D eigenvalue weighted by atomic mass is 35.5. The van der Waals surface area contributed by atoms with Gasteiger partial charge in [-0.25, -0.2) is 0 Å². The lowest BCUT2D eigenvalue weighted by molar-refractivity contribution is -1.01. The predicted octanol–water partition coefficient (Wildman–Crippen LogP) is 0.758. The summed E-state index contributed by atoms with van der Waals surface area (Å²) < 4.78 is 5.79. The minimum atomic E-state index is 0.0919. The Bertz CT molecular complexity index is 804. The summed E-state index contributed by atoms with van der Waals surface area (Å²) >= 11 is 6.12. The first kappa shape index (κ1) is 20.6. The fraction of sp³-hybridized carbons (Fsp3) is 0.409. The maximum atomic E-state index is 12.4. The highest BCUT2D eigenvalue weighted by Gasteiger charge is 2.24. The molecule has 0 aliphatic carbocycles. The maximum absolute atomic E-state index is 12.4. The summed E-state index contributed by atoms with van der Waals surface area (Å²) in [5, 5.41) is 3.72. The van der Waals surface area contributed by atoms with Crippen LogP contribution in [0.2, 0.25) is 5.02 Å². The van der Waals surface area contributed by atoms with E-state index >= 15 is 0 Å². The average Bonchev–Trinajstić information content (AvgIpc) is 2.68. The SMILES string of the molecule is Cc1cccc(NC(=O)C[NH+]2CC[NH+](CCOc3ccccc3Cl)CC2)c1C. The third-order valence-electron chi connectivity index (χ3n) is 5.50. The fourth-order valence-corrected chi connectivity index (χ4v) is 3.75. The zero-order chi connectivity index (χ0) is 19.9. The molecule has 5 nitrogen and oxygen atoms in total. The van der Waals surface area contributed by atoms with Crippen molar-refractivity contribution in [2.24, 2.45) is 0 Å². The summed E-state index contributed by atoms with van der Waals surface area (Å²) in [5.41, 5.74) is 3.25. The van der Waals surface area contributed by atoms with Crippen LogP contribution in [0.5, 0.6) is 5.75 Å². The van der Waals surface area contributed by atoms with E-state index in [1.165, 1.54) is 15.4 Å². The predicted molar refractivity (Wildman–Crippen MR) is 113 cm³/mol. The topological polar surface area (TPSA) is 47.2 Å². The molecular formula is C22H30ClN3O2+2. The Morgan fingerprint density at radius 3 is 2.50 bits per heavy atom. The number of amides is 1. The number of hydrogen-bond donors (Lipinski definition) is 3. The first-order valence-electron chi connectivity index (χ1n) is 9.93. The van der Waals surface area contributed by atoms with Gasteiger partial charge in [-0.3, -0.25) is 4.79 Å². The number of para-hydroxylation sites is 1. The second-order valence-electron chi connectivity index (χ2n) is 7.50. The van der Waals surface area contributed by atoms with E-state index in [1.54, 1.807) is 0 Å². The van der Waals surface area contributed by atoms with Gasteiger partial charge in [-0.05, 0) is 43.2 Å². The number of nitrogens with one attached hydrogen (secondary N) is 3. The summed E-state index contributed by atoms with van der Waals surface area (Å²) in [6, 6.07) is 13.6. The van der Waals surface area contributed by atoms with Gasteiger partial charge in [0.05, 0.1) is 5.02 Å². The molecule has 1 amide bonds. The first-order chi connectivity index (χ1) is 13.5. The van der Waals surface area contributed by atoms with E-state index in [2.05, 4.69) is 18.3 Å². The Hall–Kier alpha value is -2.08. The van der Waals surface area contributed by atoms with Crippen LogP contribution < -0.4 is 19.9 Å². The molecule has 28 heavy (non-hydrogen) atoms. The van der Waals surface area contributed by atoms with Crippen LogP contribution in [-0.2, 0) is 4.79 Å². The van der Waals surface area contributed by atoms with Gasteiger partial charge in [-0.2, -0.15) is 0 Å². The lowest BCUT2D eigenvalue weighted by Gasteiger charge is -2.29. The molecule has 6 heteroatoms. The monoisotopic (exact) mass is 403 g/mol. The Kier molecular flexibility index (Phi) is 7.31. The van der Waals surface area contributed by atoms with Crippen molar-refractivity contribution in [3.63, 3.8) is 0 Å². The molecule has 1 heterocycles.